The maximum atomic E-state index is 12.8. The summed E-state index contributed by atoms with van der Waals surface area (Å²) in [7, 11) is 0. The van der Waals surface area contributed by atoms with Gasteiger partial charge in [0.25, 0.3) is 0 Å². The molecule has 0 aliphatic carbocycles. The molecule has 2 nitrogen and oxygen atoms in total. The van der Waals surface area contributed by atoms with Crippen LogP contribution in [0.15, 0.2) is 42.5 Å². The minimum Gasteiger partial charge on any atom is -0.294 e. The Hall–Kier alpha value is -2.29. The van der Waals surface area contributed by atoms with E-state index >= 15 is 0 Å². The Morgan fingerprint density at radius 3 is 1.90 bits per heavy atom. The molecule has 0 aliphatic rings. The predicted molar refractivity (Wildman–Crippen MR) is 80.2 cm³/mol. The smallest absolute Gasteiger partial charge is 0.163 e. The van der Waals surface area contributed by atoms with E-state index in [4.69, 9.17) is 0 Å². The average Bonchev–Trinajstić information content (AvgIpc) is 2.48. The van der Waals surface area contributed by atoms with Gasteiger partial charge in [0.05, 0.1) is 0 Å². The number of rotatable bonds is 5. The van der Waals surface area contributed by atoms with Crippen LogP contribution in [0, 0.1) is 19.7 Å². The summed E-state index contributed by atoms with van der Waals surface area (Å²) in [5, 5.41) is 0. The summed E-state index contributed by atoms with van der Waals surface area (Å²) in [5.41, 5.74) is 3.26. The molecule has 108 valence electrons. The molecule has 0 bridgehead atoms. The van der Waals surface area contributed by atoms with Crippen molar-refractivity contribution in [3.8, 4) is 0 Å². The number of halogens is 1. The van der Waals surface area contributed by atoms with Gasteiger partial charge in [-0.1, -0.05) is 12.1 Å². The Morgan fingerprint density at radius 1 is 0.810 bits per heavy atom. The maximum absolute atomic E-state index is 12.8. The van der Waals surface area contributed by atoms with Gasteiger partial charge in [-0.05, 0) is 55.3 Å². The molecule has 0 spiro atoms. The standard InChI is InChI=1S/C18H17FO2/c1-12-3-4-15(11-13(12)2)18(21)10-9-17(20)14-5-7-16(19)8-6-14/h3-8,11H,9-10H2,1-2H3. The molecule has 0 aliphatic heterocycles. The number of aryl methyl sites for hydroxylation is 2. The van der Waals surface area contributed by atoms with Crippen molar-refractivity contribution in [1.82, 2.24) is 0 Å². The lowest BCUT2D eigenvalue weighted by molar-refractivity contribution is 0.0917. The molecule has 2 aromatic rings. The zero-order chi connectivity index (χ0) is 15.4. The van der Waals surface area contributed by atoms with Crippen molar-refractivity contribution in [2.24, 2.45) is 0 Å². The van der Waals surface area contributed by atoms with Gasteiger partial charge in [-0.15, -0.1) is 0 Å². The highest BCUT2D eigenvalue weighted by Crippen LogP contribution is 2.14. The van der Waals surface area contributed by atoms with Crippen LogP contribution in [0.2, 0.25) is 0 Å². The number of ketones is 2. The van der Waals surface area contributed by atoms with Gasteiger partial charge in [-0.2, -0.15) is 0 Å². The quantitative estimate of drug-likeness (QED) is 0.768. The van der Waals surface area contributed by atoms with E-state index in [0.29, 0.717) is 11.1 Å². The topological polar surface area (TPSA) is 34.1 Å². The molecule has 2 aromatic carbocycles. The zero-order valence-corrected chi connectivity index (χ0v) is 12.2. The fraction of sp³-hybridized carbons (Fsp3) is 0.222. The third-order valence-electron chi connectivity index (χ3n) is 3.57. The fourth-order valence-corrected chi connectivity index (χ4v) is 2.07. The summed E-state index contributed by atoms with van der Waals surface area (Å²) in [5.74, 6) is -0.571. The Bertz CT molecular complexity index is 672. The van der Waals surface area contributed by atoms with E-state index in [9.17, 15) is 14.0 Å². The second-order valence-electron chi connectivity index (χ2n) is 5.15. The molecule has 2 rings (SSSR count). The van der Waals surface area contributed by atoms with E-state index in [1.165, 1.54) is 24.3 Å². The van der Waals surface area contributed by atoms with E-state index < -0.39 is 0 Å². The normalized spacial score (nSPS) is 10.4. The summed E-state index contributed by atoms with van der Waals surface area (Å²) in [6, 6.07) is 10.9. The number of Topliss-reactive ketones (excluding diaryl/α,β-unsaturated/α-hetero) is 2. The van der Waals surface area contributed by atoms with Crippen molar-refractivity contribution in [3.05, 3.63) is 70.5 Å². The van der Waals surface area contributed by atoms with E-state index in [1.807, 2.05) is 26.0 Å². The minimum atomic E-state index is -0.377. The molecule has 0 N–H and O–H groups in total. The molecule has 0 amide bonds. The summed E-state index contributed by atoms with van der Waals surface area (Å²) < 4.78 is 12.8. The number of hydrogen-bond acceptors (Lipinski definition) is 2. The molecule has 0 saturated carbocycles. The van der Waals surface area contributed by atoms with Crippen molar-refractivity contribution >= 4 is 11.6 Å². The lowest BCUT2D eigenvalue weighted by Crippen LogP contribution is -2.05. The van der Waals surface area contributed by atoms with Crippen LogP contribution >= 0.6 is 0 Å². The van der Waals surface area contributed by atoms with Gasteiger partial charge in [0, 0.05) is 24.0 Å². The highest BCUT2D eigenvalue weighted by Gasteiger charge is 2.11. The largest absolute Gasteiger partial charge is 0.294 e. The van der Waals surface area contributed by atoms with E-state index in [0.717, 1.165) is 11.1 Å². The Labute approximate surface area is 123 Å². The first kappa shape index (κ1) is 15.1. The van der Waals surface area contributed by atoms with Crippen LogP contribution in [0.4, 0.5) is 4.39 Å². The third kappa shape index (κ3) is 3.85. The second-order valence-corrected chi connectivity index (χ2v) is 5.15. The Kier molecular flexibility index (Phi) is 4.63. The van der Waals surface area contributed by atoms with Gasteiger partial charge >= 0.3 is 0 Å². The molecule has 21 heavy (non-hydrogen) atoms. The monoisotopic (exact) mass is 284 g/mol. The maximum Gasteiger partial charge on any atom is 0.163 e. The molecule has 0 fully saturated rings. The van der Waals surface area contributed by atoms with Gasteiger partial charge in [-0.3, -0.25) is 9.59 Å². The van der Waals surface area contributed by atoms with Crippen molar-refractivity contribution in [3.63, 3.8) is 0 Å². The number of benzene rings is 2. The molecule has 0 saturated heterocycles. The number of hydrogen-bond donors (Lipinski definition) is 0. The first-order valence-corrected chi connectivity index (χ1v) is 6.86. The molecular formula is C18H17FO2. The predicted octanol–water partition coefficient (Wildman–Crippen LogP) is 4.29. The highest BCUT2D eigenvalue weighted by molar-refractivity contribution is 6.02. The van der Waals surface area contributed by atoms with E-state index in [-0.39, 0.29) is 30.2 Å². The fourth-order valence-electron chi connectivity index (χ4n) is 2.07. The highest BCUT2D eigenvalue weighted by atomic mass is 19.1. The van der Waals surface area contributed by atoms with Gasteiger partial charge in [-0.25, -0.2) is 4.39 Å². The van der Waals surface area contributed by atoms with Crippen LogP contribution in [-0.4, -0.2) is 11.6 Å². The summed E-state index contributed by atoms with van der Waals surface area (Å²) in [4.78, 5) is 24.0. The first-order chi connectivity index (χ1) is 9.97. The SMILES string of the molecule is Cc1ccc(C(=O)CCC(=O)c2ccc(F)cc2)cc1C. The van der Waals surface area contributed by atoms with Crippen LogP contribution in [0.1, 0.15) is 44.7 Å². The van der Waals surface area contributed by atoms with Crippen LogP contribution in [-0.2, 0) is 0 Å². The molecule has 0 aromatic heterocycles. The van der Waals surface area contributed by atoms with Crippen LogP contribution in [0.5, 0.6) is 0 Å². The lowest BCUT2D eigenvalue weighted by Gasteiger charge is -2.05. The zero-order valence-electron chi connectivity index (χ0n) is 12.2. The molecule has 0 heterocycles. The van der Waals surface area contributed by atoms with Crippen LogP contribution < -0.4 is 0 Å². The summed E-state index contributed by atoms with van der Waals surface area (Å²) >= 11 is 0. The Balaban J connectivity index is 1.98. The number of carbonyl (C=O) groups is 2. The minimum absolute atomic E-state index is 0.0476. The first-order valence-electron chi connectivity index (χ1n) is 6.86. The molecule has 0 unspecified atom stereocenters. The van der Waals surface area contributed by atoms with Gasteiger partial charge in [0.2, 0.25) is 0 Å². The number of carbonyl (C=O) groups excluding carboxylic acids is 2. The molecule has 3 heteroatoms. The van der Waals surface area contributed by atoms with Gasteiger partial charge in [0.1, 0.15) is 5.82 Å². The van der Waals surface area contributed by atoms with Gasteiger partial charge in [0.15, 0.2) is 11.6 Å². The van der Waals surface area contributed by atoms with Crippen LogP contribution in [0.3, 0.4) is 0 Å². The molecular weight excluding hydrogens is 267 g/mol. The summed E-state index contributed by atoms with van der Waals surface area (Å²) in [6.45, 7) is 3.94. The third-order valence-corrected chi connectivity index (χ3v) is 3.57. The van der Waals surface area contributed by atoms with E-state index in [2.05, 4.69) is 0 Å². The van der Waals surface area contributed by atoms with Crippen LogP contribution in [0.25, 0.3) is 0 Å². The van der Waals surface area contributed by atoms with Crippen molar-refractivity contribution in [2.75, 3.05) is 0 Å². The van der Waals surface area contributed by atoms with Crippen molar-refractivity contribution in [1.29, 1.82) is 0 Å². The average molecular weight is 284 g/mol. The molecule has 0 radical (unpaired) electrons. The van der Waals surface area contributed by atoms with Crippen molar-refractivity contribution < 1.29 is 14.0 Å². The Morgan fingerprint density at radius 2 is 1.33 bits per heavy atom. The van der Waals surface area contributed by atoms with Gasteiger partial charge < -0.3 is 0 Å². The second kappa shape index (κ2) is 6.44. The van der Waals surface area contributed by atoms with E-state index in [1.54, 1.807) is 6.07 Å². The molecule has 0 atom stereocenters. The van der Waals surface area contributed by atoms with Crippen molar-refractivity contribution in [2.45, 2.75) is 26.7 Å². The summed E-state index contributed by atoms with van der Waals surface area (Å²) in [6.07, 6.45) is 0.302. The lowest BCUT2D eigenvalue weighted by atomic mass is 9.99.